The van der Waals surface area contributed by atoms with Gasteiger partial charge >= 0.3 is 18.2 Å². The van der Waals surface area contributed by atoms with Gasteiger partial charge in [-0.2, -0.15) is 0 Å². The standard InChI is InChI=1S/C42H53N5O6/c1-8-9-23-34(44-40(50)53-42(5,6)7)37-45-46-38(47(37)26-28-17-11-10-12-18-28)35(24-25-36(48)52-41(2,3)4)43-39(49)51-27-33-31-21-15-13-19-29(31)30-20-14-16-22-32(30)33/h10-22,33-35H,8-9,23-27H2,1-7H3,(H,43,49)(H,44,50)/t34-,35-/m0/s1. The normalized spacial score (nSPS) is 13.7. The summed E-state index contributed by atoms with van der Waals surface area (Å²) < 4.78 is 19.1. The molecule has 1 aliphatic rings. The highest BCUT2D eigenvalue weighted by Gasteiger charge is 2.32. The molecule has 1 aromatic heterocycles. The van der Waals surface area contributed by atoms with Crippen molar-refractivity contribution in [3.05, 3.63) is 107 Å². The molecule has 1 aliphatic carbocycles. The molecule has 4 aromatic rings. The third-order valence-electron chi connectivity index (χ3n) is 8.85. The zero-order chi connectivity index (χ0) is 38.2. The molecule has 11 nitrogen and oxygen atoms in total. The maximum atomic E-state index is 13.7. The smallest absolute Gasteiger partial charge is 0.408 e. The van der Waals surface area contributed by atoms with E-state index in [0.717, 1.165) is 40.7 Å². The average Bonchev–Trinajstić information content (AvgIpc) is 3.65. The molecule has 0 saturated heterocycles. The molecule has 3 aromatic carbocycles. The Hall–Kier alpha value is -5.19. The maximum Gasteiger partial charge on any atom is 0.408 e. The number of rotatable bonds is 14. The van der Waals surface area contributed by atoms with Crippen LogP contribution in [0, 0.1) is 0 Å². The number of hydrogen-bond donors (Lipinski definition) is 2. The van der Waals surface area contributed by atoms with Crippen LogP contribution in [0.3, 0.4) is 0 Å². The van der Waals surface area contributed by atoms with E-state index in [1.165, 1.54) is 0 Å². The van der Waals surface area contributed by atoms with Crippen LogP contribution in [-0.2, 0) is 25.5 Å². The van der Waals surface area contributed by atoms with Crippen LogP contribution in [0.4, 0.5) is 9.59 Å². The van der Waals surface area contributed by atoms with E-state index in [4.69, 9.17) is 14.2 Å². The molecule has 0 bridgehead atoms. The lowest BCUT2D eigenvalue weighted by atomic mass is 9.98. The van der Waals surface area contributed by atoms with Crippen molar-refractivity contribution < 1.29 is 28.6 Å². The molecule has 0 aliphatic heterocycles. The van der Waals surface area contributed by atoms with E-state index in [0.29, 0.717) is 24.6 Å². The summed E-state index contributed by atoms with van der Waals surface area (Å²) in [7, 11) is 0. The first kappa shape index (κ1) is 39.0. The van der Waals surface area contributed by atoms with Crippen LogP contribution >= 0.6 is 0 Å². The van der Waals surface area contributed by atoms with Gasteiger partial charge in [-0.15, -0.1) is 10.2 Å². The third kappa shape index (κ3) is 10.7. The Morgan fingerprint density at radius 2 is 1.25 bits per heavy atom. The predicted octanol–water partition coefficient (Wildman–Crippen LogP) is 8.78. The van der Waals surface area contributed by atoms with E-state index in [1.54, 1.807) is 0 Å². The Bertz CT molecular complexity index is 1810. The summed E-state index contributed by atoms with van der Waals surface area (Å²) in [5, 5.41) is 15.3. The van der Waals surface area contributed by atoms with Crippen molar-refractivity contribution in [2.45, 2.75) is 116 Å². The van der Waals surface area contributed by atoms with Crippen molar-refractivity contribution >= 4 is 18.2 Å². The number of nitrogens with one attached hydrogen (secondary N) is 2. The van der Waals surface area contributed by atoms with Gasteiger partial charge in [0.05, 0.1) is 18.6 Å². The van der Waals surface area contributed by atoms with E-state index in [9.17, 15) is 14.4 Å². The molecule has 0 radical (unpaired) electrons. The predicted molar refractivity (Wildman–Crippen MR) is 203 cm³/mol. The quantitative estimate of drug-likeness (QED) is 0.0975. The van der Waals surface area contributed by atoms with Crippen molar-refractivity contribution in [1.29, 1.82) is 0 Å². The number of carbonyl (C=O) groups excluding carboxylic acids is 3. The molecule has 53 heavy (non-hydrogen) atoms. The SMILES string of the molecule is CCCC[C@H](NC(=O)OC(C)(C)C)c1nnc([C@H](CCC(=O)OC(C)(C)C)NC(=O)OCC2c3ccccc3-c3ccccc32)n1Cc1ccccc1. The number of aromatic nitrogens is 3. The van der Waals surface area contributed by atoms with Crippen LogP contribution in [0.2, 0.25) is 0 Å². The molecule has 0 unspecified atom stereocenters. The van der Waals surface area contributed by atoms with Crippen LogP contribution in [0.5, 0.6) is 0 Å². The number of unbranched alkanes of at least 4 members (excludes halogenated alkanes) is 1. The summed E-state index contributed by atoms with van der Waals surface area (Å²) in [5.74, 6) is 0.409. The molecule has 0 fully saturated rings. The monoisotopic (exact) mass is 723 g/mol. The Balaban J connectivity index is 1.46. The van der Waals surface area contributed by atoms with Gasteiger partial charge in [0.25, 0.3) is 0 Å². The Kier molecular flexibility index (Phi) is 12.6. The second-order valence-electron chi connectivity index (χ2n) is 15.5. The average molecular weight is 724 g/mol. The van der Waals surface area contributed by atoms with Crippen LogP contribution < -0.4 is 10.6 Å². The number of benzene rings is 3. The highest BCUT2D eigenvalue weighted by atomic mass is 16.6. The van der Waals surface area contributed by atoms with Gasteiger partial charge in [0.1, 0.15) is 17.8 Å². The van der Waals surface area contributed by atoms with Crippen molar-refractivity contribution in [3.8, 4) is 11.1 Å². The molecule has 2 N–H and O–H groups in total. The highest BCUT2D eigenvalue weighted by molar-refractivity contribution is 5.79. The first-order valence-electron chi connectivity index (χ1n) is 18.5. The van der Waals surface area contributed by atoms with Crippen LogP contribution in [0.15, 0.2) is 78.9 Å². The second kappa shape index (κ2) is 17.1. The fraction of sp³-hybridized carbons (Fsp3) is 0.452. The fourth-order valence-electron chi connectivity index (χ4n) is 6.60. The molecule has 0 saturated carbocycles. The number of amides is 2. The fourth-order valence-corrected chi connectivity index (χ4v) is 6.60. The lowest BCUT2D eigenvalue weighted by Crippen LogP contribution is -2.36. The van der Waals surface area contributed by atoms with Gasteiger partial charge in [-0.1, -0.05) is 98.6 Å². The van der Waals surface area contributed by atoms with Crippen molar-refractivity contribution in [2.24, 2.45) is 0 Å². The van der Waals surface area contributed by atoms with Crippen LogP contribution in [0.25, 0.3) is 11.1 Å². The Morgan fingerprint density at radius 3 is 1.81 bits per heavy atom. The minimum absolute atomic E-state index is 0.00848. The Morgan fingerprint density at radius 1 is 0.717 bits per heavy atom. The van der Waals surface area contributed by atoms with E-state index < -0.39 is 41.4 Å². The van der Waals surface area contributed by atoms with Gasteiger partial charge in [0, 0.05) is 12.3 Å². The molecule has 282 valence electrons. The number of ether oxygens (including phenoxy) is 3. The highest BCUT2D eigenvalue weighted by Crippen LogP contribution is 2.44. The molecule has 5 rings (SSSR count). The van der Waals surface area contributed by atoms with Gasteiger partial charge in [-0.05, 0) is 82.2 Å². The van der Waals surface area contributed by atoms with E-state index in [1.807, 2.05) is 101 Å². The van der Waals surface area contributed by atoms with Gasteiger partial charge < -0.3 is 29.4 Å². The zero-order valence-corrected chi connectivity index (χ0v) is 32.0. The maximum absolute atomic E-state index is 13.7. The number of esters is 1. The van der Waals surface area contributed by atoms with Crippen LogP contribution in [0.1, 0.15) is 127 Å². The van der Waals surface area contributed by atoms with Gasteiger partial charge in [-0.25, -0.2) is 9.59 Å². The van der Waals surface area contributed by atoms with Crippen molar-refractivity contribution in [3.63, 3.8) is 0 Å². The number of fused-ring (bicyclic) bond motifs is 3. The minimum atomic E-state index is -0.781. The minimum Gasteiger partial charge on any atom is -0.460 e. The zero-order valence-electron chi connectivity index (χ0n) is 32.0. The van der Waals surface area contributed by atoms with E-state index in [-0.39, 0.29) is 25.4 Å². The van der Waals surface area contributed by atoms with Gasteiger partial charge in [-0.3, -0.25) is 4.79 Å². The first-order valence-corrected chi connectivity index (χ1v) is 18.5. The molecular weight excluding hydrogens is 670 g/mol. The summed E-state index contributed by atoms with van der Waals surface area (Å²) in [6.45, 7) is 13.4. The number of carbonyl (C=O) groups is 3. The largest absolute Gasteiger partial charge is 0.460 e. The summed E-state index contributed by atoms with van der Waals surface area (Å²) in [6, 6.07) is 24.8. The molecule has 0 spiro atoms. The molecular formula is C42H53N5O6. The van der Waals surface area contributed by atoms with E-state index in [2.05, 4.69) is 52.0 Å². The lowest BCUT2D eigenvalue weighted by molar-refractivity contribution is -0.155. The third-order valence-corrected chi connectivity index (χ3v) is 8.85. The molecule has 11 heteroatoms. The first-order chi connectivity index (χ1) is 25.2. The second-order valence-corrected chi connectivity index (χ2v) is 15.5. The molecule has 2 atom stereocenters. The summed E-state index contributed by atoms with van der Waals surface area (Å²) in [6.07, 6.45) is 1.27. The van der Waals surface area contributed by atoms with E-state index >= 15 is 0 Å². The summed E-state index contributed by atoms with van der Waals surface area (Å²) >= 11 is 0. The van der Waals surface area contributed by atoms with Gasteiger partial charge in [0.2, 0.25) is 0 Å². The topological polar surface area (TPSA) is 134 Å². The number of hydrogen-bond acceptors (Lipinski definition) is 8. The molecule has 2 amide bonds. The lowest BCUT2D eigenvalue weighted by Gasteiger charge is -2.25. The van der Waals surface area contributed by atoms with Crippen molar-refractivity contribution in [1.82, 2.24) is 25.4 Å². The Labute approximate surface area is 312 Å². The number of alkyl carbamates (subject to hydrolysis) is 2. The molecule has 1 heterocycles. The summed E-state index contributed by atoms with van der Waals surface area (Å²) in [5.41, 5.74) is 4.07. The number of nitrogens with zero attached hydrogens (tertiary/aromatic N) is 3. The summed E-state index contributed by atoms with van der Waals surface area (Å²) in [4.78, 5) is 39.8. The van der Waals surface area contributed by atoms with Gasteiger partial charge in [0.15, 0.2) is 11.6 Å². The van der Waals surface area contributed by atoms with Crippen molar-refractivity contribution in [2.75, 3.05) is 6.61 Å². The van der Waals surface area contributed by atoms with Crippen LogP contribution in [-0.4, -0.2) is 50.7 Å².